The number of rotatable bonds is 5. The molecule has 0 bridgehead atoms. The van der Waals surface area contributed by atoms with E-state index in [2.05, 4.69) is 5.32 Å². The second-order valence-corrected chi connectivity index (χ2v) is 6.66. The van der Waals surface area contributed by atoms with Crippen LogP contribution in [0.15, 0.2) is 65.1 Å². The minimum absolute atomic E-state index is 0.0565. The summed E-state index contributed by atoms with van der Waals surface area (Å²) >= 11 is 0. The molecule has 3 aromatic rings. The van der Waals surface area contributed by atoms with Gasteiger partial charge in [-0.1, -0.05) is 30.3 Å². The van der Waals surface area contributed by atoms with Gasteiger partial charge in [0, 0.05) is 17.8 Å². The van der Waals surface area contributed by atoms with Crippen molar-refractivity contribution in [2.45, 2.75) is 19.4 Å². The molecule has 0 fully saturated rings. The van der Waals surface area contributed by atoms with Gasteiger partial charge in [0.15, 0.2) is 5.76 Å². The number of benzene rings is 2. The highest BCUT2D eigenvalue weighted by molar-refractivity contribution is 6.03. The third-order valence-corrected chi connectivity index (χ3v) is 4.72. The average molecular weight is 391 g/mol. The number of aryl methyl sites for hydroxylation is 1. The minimum Gasteiger partial charge on any atom is -0.395 e. The van der Waals surface area contributed by atoms with Gasteiger partial charge in [0.1, 0.15) is 4.92 Å². The maximum atomic E-state index is 12.5. The number of anilines is 2. The maximum Gasteiger partial charge on any atom is 0.433 e. The molecule has 0 radical (unpaired) electrons. The third kappa shape index (κ3) is 3.86. The molecule has 2 aromatic carbocycles. The quantitative estimate of drug-likeness (QED) is 0.524. The number of nitrogens with zero attached hydrogens (tertiary/aromatic N) is 2. The normalized spacial score (nSPS) is 13.1. The zero-order chi connectivity index (χ0) is 20.4. The molecule has 1 N–H and O–H groups in total. The smallest absolute Gasteiger partial charge is 0.395 e. The molecule has 0 saturated carbocycles. The fourth-order valence-electron chi connectivity index (χ4n) is 3.32. The molecule has 0 saturated heterocycles. The van der Waals surface area contributed by atoms with Crippen molar-refractivity contribution in [2.24, 2.45) is 0 Å². The number of nitrogens with one attached hydrogen (secondary N) is 1. The molecular formula is C21H17N3O5. The van der Waals surface area contributed by atoms with E-state index in [0.29, 0.717) is 25.1 Å². The van der Waals surface area contributed by atoms with Crippen molar-refractivity contribution in [3.8, 4) is 0 Å². The Morgan fingerprint density at radius 1 is 1.10 bits per heavy atom. The highest BCUT2D eigenvalue weighted by Gasteiger charge is 2.25. The Morgan fingerprint density at radius 3 is 2.62 bits per heavy atom. The summed E-state index contributed by atoms with van der Waals surface area (Å²) in [5.74, 6) is -1.15. The van der Waals surface area contributed by atoms with Gasteiger partial charge in [-0.2, -0.15) is 0 Å². The minimum atomic E-state index is -0.700. The Balaban J connectivity index is 1.54. The number of furan rings is 1. The van der Waals surface area contributed by atoms with Crippen LogP contribution >= 0.6 is 0 Å². The number of hydrogen-bond donors (Lipinski definition) is 1. The van der Waals surface area contributed by atoms with E-state index in [1.165, 1.54) is 6.07 Å². The number of hydrogen-bond acceptors (Lipinski definition) is 5. The van der Waals surface area contributed by atoms with Crippen LogP contribution in [0.2, 0.25) is 0 Å². The summed E-state index contributed by atoms with van der Waals surface area (Å²) in [5.41, 5.74) is 3.33. The lowest BCUT2D eigenvalue weighted by molar-refractivity contribution is -0.402. The molecular weight excluding hydrogens is 374 g/mol. The first kappa shape index (κ1) is 18.4. The molecule has 0 atom stereocenters. The van der Waals surface area contributed by atoms with E-state index in [9.17, 15) is 19.7 Å². The molecule has 0 spiro atoms. The summed E-state index contributed by atoms with van der Waals surface area (Å²) < 4.78 is 4.93. The predicted octanol–water partition coefficient (Wildman–Crippen LogP) is 3.92. The van der Waals surface area contributed by atoms with Gasteiger partial charge >= 0.3 is 5.88 Å². The van der Waals surface area contributed by atoms with E-state index in [0.717, 1.165) is 22.9 Å². The molecule has 146 valence electrons. The molecule has 2 heterocycles. The van der Waals surface area contributed by atoms with Crippen molar-refractivity contribution >= 4 is 29.1 Å². The lowest BCUT2D eigenvalue weighted by Gasteiger charge is -2.30. The molecule has 8 nitrogen and oxygen atoms in total. The summed E-state index contributed by atoms with van der Waals surface area (Å²) in [6.45, 7) is 0.481. The second kappa shape index (κ2) is 7.59. The fraction of sp³-hybridized carbons (Fsp3) is 0.143. The standard InChI is InChI=1S/C21H17N3O5/c25-19-10-6-15-12-16(22-21(26)18-9-11-20(29-18)24(27)28)7-8-17(15)23(19)13-14-4-2-1-3-5-14/h1-5,7-9,11-12H,6,10,13H2,(H,22,26). The summed E-state index contributed by atoms with van der Waals surface area (Å²) in [5, 5.41) is 13.4. The van der Waals surface area contributed by atoms with Crippen LogP contribution in [0.3, 0.4) is 0 Å². The van der Waals surface area contributed by atoms with Crippen LogP contribution in [0.25, 0.3) is 0 Å². The van der Waals surface area contributed by atoms with Gasteiger partial charge in [-0.15, -0.1) is 0 Å². The van der Waals surface area contributed by atoms with Gasteiger partial charge < -0.3 is 14.6 Å². The zero-order valence-electron chi connectivity index (χ0n) is 15.3. The van der Waals surface area contributed by atoms with Crippen LogP contribution in [0.4, 0.5) is 17.3 Å². The Labute approximate surface area is 165 Å². The second-order valence-electron chi connectivity index (χ2n) is 6.66. The SMILES string of the molecule is O=C(Nc1ccc2c(c1)CCC(=O)N2Cc1ccccc1)c1ccc([N+](=O)[O-])o1. The van der Waals surface area contributed by atoms with Crippen molar-refractivity contribution in [1.82, 2.24) is 0 Å². The molecule has 0 unspecified atom stereocenters. The summed E-state index contributed by atoms with van der Waals surface area (Å²) in [6.07, 6.45) is 0.969. The topological polar surface area (TPSA) is 106 Å². The first-order valence-electron chi connectivity index (χ1n) is 9.04. The van der Waals surface area contributed by atoms with Gasteiger partial charge in [0.2, 0.25) is 5.91 Å². The van der Waals surface area contributed by atoms with Crippen molar-refractivity contribution in [3.05, 3.63) is 87.7 Å². The van der Waals surface area contributed by atoms with Crippen molar-refractivity contribution in [3.63, 3.8) is 0 Å². The van der Waals surface area contributed by atoms with Gasteiger partial charge in [-0.25, -0.2) is 0 Å². The van der Waals surface area contributed by atoms with E-state index in [1.54, 1.807) is 17.0 Å². The Morgan fingerprint density at radius 2 is 1.90 bits per heavy atom. The van der Waals surface area contributed by atoms with Gasteiger partial charge in [-0.05, 0) is 41.8 Å². The third-order valence-electron chi connectivity index (χ3n) is 4.72. The van der Waals surface area contributed by atoms with Crippen LogP contribution in [0.1, 0.15) is 28.1 Å². The van der Waals surface area contributed by atoms with Crippen LogP contribution in [0, 0.1) is 10.1 Å². The molecule has 1 aliphatic rings. The summed E-state index contributed by atoms with van der Waals surface area (Å²) in [4.78, 5) is 36.5. The van der Waals surface area contributed by atoms with E-state index in [4.69, 9.17) is 4.42 Å². The molecule has 2 amide bonds. The van der Waals surface area contributed by atoms with Gasteiger partial charge in [0.25, 0.3) is 5.91 Å². The fourth-order valence-corrected chi connectivity index (χ4v) is 3.32. The largest absolute Gasteiger partial charge is 0.433 e. The van der Waals surface area contributed by atoms with Gasteiger partial charge in [-0.3, -0.25) is 19.7 Å². The van der Waals surface area contributed by atoms with E-state index in [1.807, 2.05) is 36.4 Å². The molecule has 4 rings (SSSR count). The first-order chi connectivity index (χ1) is 14.0. The highest BCUT2D eigenvalue weighted by Crippen LogP contribution is 2.31. The lowest BCUT2D eigenvalue weighted by atomic mass is 9.99. The molecule has 1 aromatic heterocycles. The maximum absolute atomic E-state index is 12.5. The first-order valence-corrected chi connectivity index (χ1v) is 9.04. The number of carbonyl (C=O) groups excluding carboxylic acids is 2. The Bertz CT molecular complexity index is 1090. The zero-order valence-corrected chi connectivity index (χ0v) is 15.3. The monoisotopic (exact) mass is 391 g/mol. The number of amides is 2. The van der Waals surface area contributed by atoms with E-state index < -0.39 is 16.7 Å². The number of carbonyl (C=O) groups is 2. The lowest BCUT2D eigenvalue weighted by Crippen LogP contribution is -2.34. The molecule has 0 aliphatic carbocycles. The molecule has 1 aliphatic heterocycles. The van der Waals surface area contributed by atoms with Crippen molar-refractivity contribution < 1.29 is 18.9 Å². The van der Waals surface area contributed by atoms with Crippen LogP contribution < -0.4 is 10.2 Å². The average Bonchev–Trinajstić information content (AvgIpc) is 3.22. The van der Waals surface area contributed by atoms with Crippen LogP contribution in [-0.4, -0.2) is 16.7 Å². The van der Waals surface area contributed by atoms with Crippen LogP contribution in [0.5, 0.6) is 0 Å². The van der Waals surface area contributed by atoms with Crippen molar-refractivity contribution in [2.75, 3.05) is 10.2 Å². The van der Waals surface area contributed by atoms with Gasteiger partial charge in [0.05, 0.1) is 12.6 Å². The summed E-state index contributed by atoms with van der Waals surface area (Å²) in [6, 6.07) is 17.4. The van der Waals surface area contributed by atoms with Crippen molar-refractivity contribution in [1.29, 1.82) is 0 Å². The van der Waals surface area contributed by atoms with E-state index in [-0.39, 0.29) is 11.7 Å². The molecule has 29 heavy (non-hydrogen) atoms. The summed E-state index contributed by atoms with van der Waals surface area (Å²) in [7, 11) is 0. The van der Waals surface area contributed by atoms with Crippen LogP contribution in [-0.2, 0) is 17.8 Å². The highest BCUT2D eigenvalue weighted by atomic mass is 16.6. The Hall–Kier alpha value is -3.94. The predicted molar refractivity (Wildman–Crippen MR) is 106 cm³/mol. The number of nitro groups is 1. The van der Waals surface area contributed by atoms with E-state index >= 15 is 0 Å². The number of fused-ring (bicyclic) bond motifs is 1. The Kier molecular flexibility index (Phi) is 4.82. The molecule has 8 heteroatoms.